The van der Waals surface area contributed by atoms with Crippen LogP contribution in [0.2, 0.25) is 0 Å². The van der Waals surface area contributed by atoms with Crippen molar-refractivity contribution < 1.29 is 24.2 Å². The zero-order valence-electron chi connectivity index (χ0n) is 15.9. The molecule has 3 rings (SSSR count). The molecule has 0 atom stereocenters. The lowest BCUT2D eigenvalue weighted by atomic mass is 10.1. The number of carbonyl (C=O) groups excluding carboxylic acids is 2. The highest BCUT2D eigenvalue weighted by molar-refractivity contribution is 8.26. The Morgan fingerprint density at radius 2 is 1.73 bits per heavy atom. The van der Waals surface area contributed by atoms with Gasteiger partial charge < -0.3 is 9.84 Å². The van der Waals surface area contributed by atoms with Gasteiger partial charge in [-0.15, -0.1) is 0 Å². The van der Waals surface area contributed by atoms with Gasteiger partial charge in [0, 0.05) is 5.56 Å². The maximum Gasteiger partial charge on any atom is 0.323 e. The van der Waals surface area contributed by atoms with E-state index in [0.717, 1.165) is 27.8 Å². The molecule has 0 saturated carbocycles. The second-order valence-corrected chi connectivity index (χ2v) is 7.93. The van der Waals surface area contributed by atoms with E-state index in [2.05, 4.69) is 0 Å². The van der Waals surface area contributed by atoms with Crippen molar-refractivity contribution in [2.24, 2.45) is 0 Å². The van der Waals surface area contributed by atoms with Gasteiger partial charge in [-0.05, 0) is 47.5 Å². The Kier molecular flexibility index (Phi) is 6.81. The predicted molar refractivity (Wildman–Crippen MR) is 120 cm³/mol. The van der Waals surface area contributed by atoms with Gasteiger partial charge in [-0.3, -0.25) is 19.3 Å². The van der Waals surface area contributed by atoms with Crippen LogP contribution in [0.3, 0.4) is 0 Å². The van der Waals surface area contributed by atoms with Crippen molar-refractivity contribution in [3.63, 3.8) is 0 Å². The number of hydrogen-bond acceptors (Lipinski definition) is 6. The SMILES string of the molecule is COc1ccc(C(=O)/C=C/c2ccc(/C=C3/SC(=S)N(CC(=O)O)C3=O)cc2)cc1. The van der Waals surface area contributed by atoms with Crippen LogP contribution >= 0.6 is 24.0 Å². The number of aliphatic carboxylic acids is 1. The minimum absolute atomic E-state index is 0.121. The average Bonchev–Trinajstić information content (AvgIpc) is 3.00. The molecule has 1 N–H and O–H groups in total. The van der Waals surface area contributed by atoms with Gasteiger partial charge in [-0.25, -0.2) is 0 Å². The third-order valence-corrected chi connectivity index (χ3v) is 5.58. The number of benzene rings is 2. The summed E-state index contributed by atoms with van der Waals surface area (Å²) in [6.07, 6.45) is 4.87. The van der Waals surface area contributed by atoms with E-state index < -0.39 is 18.4 Å². The number of nitrogens with zero attached hydrogens (tertiary/aromatic N) is 1. The summed E-state index contributed by atoms with van der Waals surface area (Å²) in [6.45, 7) is -0.450. The summed E-state index contributed by atoms with van der Waals surface area (Å²) in [4.78, 5) is 36.9. The molecule has 30 heavy (non-hydrogen) atoms. The molecule has 2 aromatic carbocycles. The van der Waals surface area contributed by atoms with Crippen molar-refractivity contribution in [1.29, 1.82) is 0 Å². The molecule has 6 nitrogen and oxygen atoms in total. The first kappa shape index (κ1) is 21.5. The molecular formula is C22H17NO5S2. The number of ketones is 1. The van der Waals surface area contributed by atoms with Crippen molar-refractivity contribution in [2.45, 2.75) is 0 Å². The van der Waals surface area contributed by atoms with Crippen molar-refractivity contribution in [1.82, 2.24) is 4.90 Å². The number of carbonyl (C=O) groups is 3. The first-order chi connectivity index (χ1) is 14.4. The lowest BCUT2D eigenvalue weighted by molar-refractivity contribution is -0.140. The van der Waals surface area contributed by atoms with Gasteiger partial charge in [0.15, 0.2) is 5.78 Å². The standard InChI is InChI=1S/C22H17NO5S2/c1-28-17-9-7-16(8-10-17)18(24)11-6-14-2-4-15(5-3-14)12-19-21(27)23(13-20(25)26)22(29)30-19/h2-12H,13H2,1H3,(H,25,26)/b11-6+,19-12+. The molecule has 1 aliphatic heterocycles. The number of carboxylic acids is 1. The normalized spacial score (nSPS) is 15.2. The Balaban J connectivity index is 1.67. The van der Waals surface area contributed by atoms with Crippen molar-refractivity contribution in [3.05, 3.63) is 76.2 Å². The van der Waals surface area contributed by atoms with Crippen molar-refractivity contribution in [2.75, 3.05) is 13.7 Å². The van der Waals surface area contributed by atoms with E-state index in [0.29, 0.717) is 16.2 Å². The summed E-state index contributed by atoms with van der Waals surface area (Å²) in [7, 11) is 1.57. The van der Waals surface area contributed by atoms with Crippen LogP contribution < -0.4 is 4.74 Å². The molecule has 0 bridgehead atoms. The van der Waals surface area contributed by atoms with Gasteiger partial charge in [0.05, 0.1) is 12.0 Å². The highest BCUT2D eigenvalue weighted by Crippen LogP contribution is 2.32. The van der Waals surface area contributed by atoms with E-state index in [9.17, 15) is 14.4 Å². The van der Waals surface area contributed by atoms with Crippen LogP contribution in [0.15, 0.2) is 59.5 Å². The topological polar surface area (TPSA) is 83.9 Å². The van der Waals surface area contributed by atoms with E-state index in [1.165, 1.54) is 6.08 Å². The lowest BCUT2D eigenvalue weighted by Crippen LogP contribution is -2.33. The monoisotopic (exact) mass is 439 g/mol. The van der Waals surface area contributed by atoms with Crippen LogP contribution in [0.4, 0.5) is 0 Å². The molecule has 1 amide bonds. The number of amides is 1. The summed E-state index contributed by atoms with van der Waals surface area (Å²) in [5, 5.41) is 8.88. The molecule has 1 heterocycles. The van der Waals surface area contributed by atoms with Crippen LogP contribution in [-0.2, 0) is 9.59 Å². The molecule has 8 heteroatoms. The maximum absolute atomic E-state index is 12.3. The number of hydrogen-bond donors (Lipinski definition) is 1. The number of thiocarbonyl (C=S) groups is 1. The van der Waals surface area contributed by atoms with Gasteiger partial charge in [-0.1, -0.05) is 54.3 Å². The highest BCUT2D eigenvalue weighted by Gasteiger charge is 2.33. The van der Waals surface area contributed by atoms with E-state index >= 15 is 0 Å². The number of allylic oxidation sites excluding steroid dienone is 1. The van der Waals surface area contributed by atoms with Gasteiger partial charge >= 0.3 is 5.97 Å². The largest absolute Gasteiger partial charge is 0.497 e. The molecule has 0 aliphatic carbocycles. The Hall–Kier alpha value is -3.23. The zero-order valence-corrected chi connectivity index (χ0v) is 17.5. The van der Waals surface area contributed by atoms with E-state index in [1.54, 1.807) is 55.7 Å². The number of methoxy groups -OCH3 is 1. The third-order valence-electron chi connectivity index (χ3n) is 4.20. The zero-order chi connectivity index (χ0) is 21.7. The van der Waals surface area contributed by atoms with Crippen LogP contribution in [0.1, 0.15) is 21.5 Å². The van der Waals surface area contributed by atoms with Gasteiger partial charge in [0.25, 0.3) is 5.91 Å². The van der Waals surface area contributed by atoms with Crippen molar-refractivity contribution >= 4 is 58.1 Å². The minimum atomic E-state index is -1.12. The summed E-state index contributed by atoms with van der Waals surface area (Å²) in [5.41, 5.74) is 2.16. The second kappa shape index (κ2) is 9.51. The fraction of sp³-hybridized carbons (Fsp3) is 0.0909. The van der Waals surface area contributed by atoms with Gasteiger partial charge in [0.2, 0.25) is 0 Å². The molecule has 0 aromatic heterocycles. The number of thioether (sulfide) groups is 1. The lowest BCUT2D eigenvalue weighted by Gasteiger charge is -2.10. The molecule has 1 saturated heterocycles. The second-order valence-electron chi connectivity index (χ2n) is 6.25. The molecule has 0 radical (unpaired) electrons. The fourth-order valence-electron chi connectivity index (χ4n) is 2.65. The number of carboxylic acid groups (broad SMARTS) is 1. The number of rotatable bonds is 7. The molecule has 2 aromatic rings. The Morgan fingerprint density at radius 3 is 2.33 bits per heavy atom. The third kappa shape index (κ3) is 5.22. The average molecular weight is 440 g/mol. The maximum atomic E-state index is 12.3. The summed E-state index contributed by atoms with van der Waals surface area (Å²) in [5.74, 6) is -0.968. The van der Waals surface area contributed by atoms with Crippen LogP contribution in [0.5, 0.6) is 5.75 Å². The molecular weight excluding hydrogens is 422 g/mol. The summed E-state index contributed by atoms with van der Waals surface area (Å²) < 4.78 is 5.31. The van der Waals surface area contributed by atoms with Crippen molar-refractivity contribution in [3.8, 4) is 5.75 Å². The van der Waals surface area contributed by atoms with Crippen LogP contribution in [0, 0.1) is 0 Å². The molecule has 1 aliphatic rings. The molecule has 0 unspecified atom stereocenters. The fourth-order valence-corrected chi connectivity index (χ4v) is 3.90. The molecule has 0 spiro atoms. The molecule has 1 fully saturated rings. The minimum Gasteiger partial charge on any atom is -0.497 e. The van der Waals surface area contributed by atoms with Gasteiger partial charge in [0.1, 0.15) is 16.6 Å². The Labute approximate surface area is 182 Å². The summed E-state index contributed by atoms with van der Waals surface area (Å²) >= 11 is 6.15. The molecule has 152 valence electrons. The number of ether oxygens (including phenoxy) is 1. The quantitative estimate of drug-likeness (QED) is 0.398. The Bertz CT molecular complexity index is 1060. The van der Waals surface area contributed by atoms with E-state index in [4.69, 9.17) is 22.1 Å². The van der Waals surface area contributed by atoms with E-state index in [-0.39, 0.29) is 10.1 Å². The highest BCUT2D eigenvalue weighted by atomic mass is 32.2. The first-order valence-electron chi connectivity index (χ1n) is 8.81. The predicted octanol–water partition coefficient (Wildman–Crippen LogP) is 3.88. The smallest absolute Gasteiger partial charge is 0.323 e. The summed E-state index contributed by atoms with van der Waals surface area (Å²) in [6, 6.07) is 14.1. The first-order valence-corrected chi connectivity index (χ1v) is 10.0. The Morgan fingerprint density at radius 1 is 1.10 bits per heavy atom. The van der Waals surface area contributed by atoms with Gasteiger partial charge in [-0.2, -0.15) is 0 Å². The van der Waals surface area contributed by atoms with E-state index in [1.807, 2.05) is 12.1 Å². The van der Waals surface area contributed by atoms with Crippen LogP contribution in [-0.4, -0.2) is 45.6 Å². The van der Waals surface area contributed by atoms with Crippen LogP contribution in [0.25, 0.3) is 12.2 Å².